The van der Waals surface area contributed by atoms with E-state index in [9.17, 15) is 4.79 Å². The number of aromatic nitrogens is 2. The number of benzene rings is 1. The lowest BCUT2D eigenvalue weighted by Crippen LogP contribution is -2.15. The summed E-state index contributed by atoms with van der Waals surface area (Å²) in [7, 11) is 0. The summed E-state index contributed by atoms with van der Waals surface area (Å²) in [5.41, 5.74) is 2.73. The van der Waals surface area contributed by atoms with Crippen LogP contribution in [0.5, 0.6) is 0 Å². The van der Waals surface area contributed by atoms with Crippen LogP contribution in [0.1, 0.15) is 120 Å². The van der Waals surface area contributed by atoms with Crippen LogP contribution in [0.4, 0.5) is 0 Å². The number of carbonyl (C=O) groups excluding carboxylic acids is 1. The van der Waals surface area contributed by atoms with E-state index in [-0.39, 0.29) is 12.1 Å². The summed E-state index contributed by atoms with van der Waals surface area (Å²) in [6.45, 7) is 6.33. The van der Waals surface area contributed by atoms with Crippen molar-refractivity contribution in [2.75, 3.05) is 0 Å². The van der Waals surface area contributed by atoms with Crippen LogP contribution in [-0.2, 0) is 11.2 Å². The smallest absolute Gasteiger partial charge is 0.341 e. The van der Waals surface area contributed by atoms with Crippen molar-refractivity contribution in [3.05, 3.63) is 47.8 Å². The number of rotatable bonds is 17. The first kappa shape index (κ1) is 27.0. The molecule has 0 bridgehead atoms. The largest absolute Gasteiger partial charge is 0.459 e. The highest BCUT2D eigenvalue weighted by Gasteiger charge is 2.13. The predicted octanol–water partition coefficient (Wildman–Crippen LogP) is 8.34. The van der Waals surface area contributed by atoms with Gasteiger partial charge in [-0.3, -0.25) is 0 Å². The van der Waals surface area contributed by atoms with Crippen LogP contribution in [0.2, 0.25) is 0 Å². The number of carbonyl (C=O) groups is 1. The number of unbranched alkanes of at least 4 members (excludes halogenated alkanes) is 10. The van der Waals surface area contributed by atoms with Gasteiger partial charge in [0, 0.05) is 18.0 Å². The summed E-state index contributed by atoms with van der Waals surface area (Å²) < 4.78 is 5.47. The molecule has 33 heavy (non-hydrogen) atoms. The first-order valence-corrected chi connectivity index (χ1v) is 13.3. The Hall–Kier alpha value is -2.23. The first-order valence-electron chi connectivity index (χ1n) is 13.3. The van der Waals surface area contributed by atoms with Gasteiger partial charge >= 0.3 is 5.97 Å². The van der Waals surface area contributed by atoms with E-state index in [0.29, 0.717) is 11.4 Å². The molecule has 1 atom stereocenters. The maximum absolute atomic E-state index is 12.2. The maximum atomic E-state index is 12.2. The van der Waals surface area contributed by atoms with Gasteiger partial charge in [-0.2, -0.15) is 0 Å². The van der Waals surface area contributed by atoms with Crippen molar-refractivity contribution in [3.63, 3.8) is 0 Å². The first-order chi connectivity index (χ1) is 16.1. The van der Waals surface area contributed by atoms with Crippen LogP contribution in [0.15, 0.2) is 36.7 Å². The summed E-state index contributed by atoms with van der Waals surface area (Å²) in [5.74, 6) is 0.285. The van der Waals surface area contributed by atoms with E-state index >= 15 is 0 Å². The zero-order chi connectivity index (χ0) is 23.7. The molecule has 1 aromatic carbocycles. The van der Waals surface area contributed by atoms with E-state index in [2.05, 4.69) is 48.1 Å². The fourth-order valence-corrected chi connectivity index (χ4v) is 4.02. The molecule has 0 N–H and O–H groups in total. The predicted molar refractivity (Wildman–Crippen MR) is 137 cm³/mol. The molecule has 0 fully saturated rings. The molecule has 4 nitrogen and oxygen atoms in total. The van der Waals surface area contributed by atoms with Crippen LogP contribution in [0.25, 0.3) is 11.4 Å². The number of aryl methyl sites for hydroxylation is 1. The van der Waals surface area contributed by atoms with Crippen molar-refractivity contribution < 1.29 is 9.53 Å². The third-order valence-corrected chi connectivity index (χ3v) is 6.19. The molecule has 0 spiro atoms. The Morgan fingerprint density at radius 3 is 1.91 bits per heavy atom. The second-order valence-electron chi connectivity index (χ2n) is 9.28. The molecule has 1 heterocycles. The van der Waals surface area contributed by atoms with Crippen molar-refractivity contribution in [3.8, 4) is 11.4 Å². The maximum Gasteiger partial charge on any atom is 0.341 e. The highest BCUT2D eigenvalue weighted by molar-refractivity contribution is 5.88. The van der Waals surface area contributed by atoms with Crippen molar-refractivity contribution in [1.82, 2.24) is 9.97 Å². The fourth-order valence-electron chi connectivity index (χ4n) is 4.02. The highest BCUT2D eigenvalue weighted by Crippen LogP contribution is 2.18. The molecule has 0 amide bonds. The molecule has 0 aliphatic heterocycles. The van der Waals surface area contributed by atoms with E-state index in [1.165, 1.54) is 69.8 Å². The number of ether oxygens (including phenoxy) is 1. The zero-order valence-electron chi connectivity index (χ0n) is 21.2. The topological polar surface area (TPSA) is 52.1 Å². The van der Waals surface area contributed by atoms with Crippen LogP contribution in [0, 0.1) is 0 Å². The number of esters is 1. The second-order valence-corrected chi connectivity index (χ2v) is 9.28. The summed E-state index contributed by atoms with van der Waals surface area (Å²) in [4.78, 5) is 21.0. The minimum Gasteiger partial charge on any atom is -0.459 e. The van der Waals surface area contributed by atoms with Gasteiger partial charge < -0.3 is 4.74 Å². The summed E-state index contributed by atoms with van der Waals surface area (Å²) >= 11 is 0. The standard InChI is InChI=1S/C29H44N2O2/c1-4-6-8-9-10-11-12-13-14-15-17-25-18-20-26(21-19-25)28-30-22-27(23-31-28)29(32)33-24(3)16-7-5-2/h18-24H,4-17H2,1-3H3/t24-/m1/s1. The van der Waals surface area contributed by atoms with E-state index < -0.39 is 0 Å². The molecular formula is C29H44N2O2. The van der Waals surface area contributed by atoms with Gasteiger partial charge in [0.1, 0.15) is 0 Å². The molecule has 0 aliphatic rings. The van der Waals surface area contributed by atoms with Crippen LogP contribution >= 0.6 is 0 Å². The van der Waals surface area contributed by atoms with Crippen molar-refractivity contribution in [1.29, 1.82) is 0 Å². The molecule has 0 saturated heterocycles. The Morgan fingerprint density at radius 2 is 1.33 bits per heavy atom. The average molecular weight is 453 g/mol. The Kier molecular flexibility index (Phi) is 13.4. The van der Waals surface area contributed by atoms with Gasteiger partial charge in [-0.15, -0.1) is 0 Å². The molecular weight excluding hydrogens is 408 g/mol. The van der Waals surface area contributed by atoms with Gasteiger partial charge in [0.2, 0.25) is 0 Å². The van der Waals surface area contributed by atoms with E-state index in [1.54, 1.807) is 12.4 Å². The molecule has 2 rings (SSSR count). The highest BCUT2D eigenvalue weighted by atomic mass is 16.5. The molecule has 0 saturated carbocycles. The van der Waals surface area contributed by atoms with Gasteiger partial charge in [0.25, 0.3) is 0 Å². The van der Waals surface area contributed by atoms with Crippen LogP contribution in [-0.4, -0.2) is 22.0 Å². The lowest BCUT2D eigenvalue weighted by Gasteiger charge is -2.12. The number of hydrogen-bond acceptors (Lipinski definition) is 4. The molecule has 182 valence electrons. The Balaban J connectivity index is 1.69. The van der Waals surface area contributed by atoms with Gasteiger partial charge in [-0.25, -0.2) is 14.8 Å². The van der Waals surface area contributed by atoms with Crippen molar-refractivity contribution in [2.24, 2.45) is 0 Å². The summed E-state index contributed by atoms with van der Waals surface area (Å²) in [6, 6.07) is 8.49. The van der Waals surface area contributed by atoms with Gasteiger partial charge in [0.15, 0.2) is 5.82 Å². The molecule has 4 heteroatoms. The fraction of sp³-hybridized carbons (Fsp3) is 0.621. The number of nitrogens with zero attached hydrogens (tertiary/aromatic N) is 2. The molecule has 2 aromatic rings. The third kappa shape index (κ3) is 11.0. The third-order valence-electron chi connectivity index (χ3n) is 6.19. The van der Waals surface area contributed by atoms with E-state index in [4.69, 9.17) is 4.74 Å². The van der Waals surface area contributed by atoms with Gasteiger partial charge in [0.05, 0.1) is 11.7 Å². The van der Waals surface area contributed by atoms with Gasteiger partial charge in [-0.1, -0.05) is 109 Å². The van der Waals surface area contributed by atoms with E-state index in [1.807, 2.05) is 6.92 Å². The van der Waals surface area contributed by atoms with Crippen molar-refractivity contribution >= 4 is 5.97 Å². The molecule has 0 unspecified atom stereocenters. The van der Waals surface area contributed by atoms with Gasteiger partial charge in [-0.05, 0) is 31.7 Å². The SMILES string of the molecule is CCCCCCCCCCCCc1ccc(-c2ncc(C(=O)O[C@H](C)CCCC)cn2)cc1. The summed E-state index contributed by atoms with van der Waals surface area (Å²) in [5, 5.41) is 0. The molecule has 0 radical (unpaired) electrons. The Morgan fingerprint density at radius 1 is 0.788 bits per heavy atom. The van der Waals surface area contributed by atoms with Crippen LogP contribution in [0.3, 0.4) is 0 Å². The Bertz CT molecular complexity index is 771. The molecule has 1 aromatic heterocycles. The zero-order valence-corrected chi connectivity index (χ0v) is 21.2. The van der Waals surface area contributed by atoms with Crippen LogP contribution < -0.4 is 0 Å². The average Bonchev–Trinajstić information content (AvgIpc) is 2.84. The lowest BCUT2D eigenvalue weighted by molar-refractivity contribution is 0.0319. The molecule has 0 aliphatic carbocycles. The minimum absolute atomic E-state index is 0.0831. The van der Waals surface area contributed by atoms with Crippen molar-refractivity contribution in [2.45, 2.75) is 117 Å². The lowest BCUT2D eigenvalue weighted by atomic mass is 10.0. The summed E-state index contributed by atoms with van der Waals surface area (Å²) in [6.07, 6.45) is 20.8. The normalized spacial score (nSPS) is 12.0. The minimum atomic E-state index is -0.350. The van der Waals surface area contributed by atoms with E-state index in [0.717, 1.165) is 31.2 Å². The second kappa shape index (κ2) is 16.4. The number of hydrogen-bond donors (Lipinski definition) is 0. The quantitative estimate of drug-likeness (QED) is 0.179. The monoisotopic (exact) mass is 452 g/mol. The Labute approximate surface area is 201 Å².